The van der Waals surface area contributed by atoms with Crippen molar-refractivity contribution in [3.05, 3.63) is 47.6 Å². The average molecular weight is 339 g/mol. The molecule has 3 rings (SSSR count). The highest BCUT2D eigenvalue weighted by Gasteiger charge is 2.19. The smallest absolute Gasteiger partial charge is 0.277 e. The molecule has 0 aliphatic heterocycles. The van der Waals surface area contributed by atoms with Crippen LogP contribution in [-0.4, -0.2) is 27.2 Å². The molecule has 25 heavy (non-hydrogen) atoms. The van der Waals surface area contributed by atoms with Gasteiger partial charge < -0.3 is 15.1 Å². The van der Waals surface area contributed by atoms with Crippen LogP contribution in [0, 0.1) is 13.8 Å². The molecule has 0 spiro atoms. The molecule has 0 bridgehead atoms. The molecule has 3 aromatic rings. The Morgan fingerprint density at radius 1 is 1.28 bits per heavy atom. The molecule has 0 unspecified atom stereocenters. The molecule has 0 fully saturated rings. The van der Waals surface area contributed by atoms with Gasteiger partial charge in [-0.05, 0) is 38.5 Å². The summed E-state index contributed by atoms with van der Waals surface area (Å²) < 4.78 is 7.29. The topological polar surface area (TPSA) is 85.0 Å². The van der Waals surface area contributed by atoms with E-state index in [0.717, 1.165) is 23.4 Å². The van der Waals surface area contributed by atoms with Crippen molar-refractivity contribution in [3.63, 3.8) is 0 Å². The first-order valence-corrected chi connectivity index (χ1v) is 8.10. The molecular formula is C18H21N5O2. The number of nitrogens with one attached hydrogen (secondary N) is 2. The zero-order chi connectivity index (χ0) is 18.0. The Morgan fingerprint density at radius 2 is 2.08 bits per heavy atom. The van der Waals surface area contributed by atoms with E-state index in [2.05, 4.69) is 20.7 Å². The molecular weight excluding hydrogens is 318 g/mol. The maximum atomic E-state index is 12.6. The van der Waals surface area contributed by atoms with Crippen LogP contribution in [0.25, 0.3) is 11.5 Å². The van der Waals surface area contributed by atoms with Gasteiger partial charge in [0.15, 0.2) is 5.69 Å². The van der Waals surface area contributed by atoms with Crippen LogP contribution in [-0.2, 0) is 7.05 Å². The maximum absolute atomic E-state index is 12.6. The van der Waals surface area contributed by atoms with Gasteiger partial charge in [-0.25, -0.2) is 4.98 Å². The van der Waals surface area contributed by atoms with Crippen molar-refractivity contribution in [2.45, 2.75) is 20.8 Å². The standard InChI is InChI=1S/C18H21N5O2/c1-5-19-15-8-11(2)6-7-14(15)21-17(24)16-12(3)25-18(22-16)13-9-20-23(4)10-13/h6-10,19H,5H2,1-4H3,(H,21,24). The lowest BCUT2D eigenvalue weighted by Gasteiger charge is -2.12. The Balaban J connectivity index is 1.86. The normalized spacial score (nSPS) is 10.7. The molecule has 2 heterocycles. The van der Waals surface area contributed by atoms with Gasteiger partial charge in [-0.15, -0.1) is 0 Å². The highest BCUT2D eigenvalue weighted by Crippen LogP contribution is 2.25. The Hall–Kier alpha value is -3.09. The summed E-state index contributed by atoms with van der Waals surface area (Å²) >= 11 is 0. The Labute approximate surface area is 146 Å². The molecule has 1 amide bonds. The van der Waals surface area contributed by atoms with E-state index in [-0.39, 0.29) is 11.6 Å². The second-order valence-electron chi connectivity index (χ2n) is 5.86. The van der Waals surface area contributed by atoms with E-state index >= 15 is 0 Å². The lowest BCUT2D eigenvalue weighted by molar-refractivity contribution is 0.102. The first-order chi connectivity index (χ1) is 12.0. The monoisotopic (exact) mass is 339 g/mol. The van der Waals surface area contributed by atoms with Gasteiger partial charge in [-0.1, -0.05) is 6.07 Å². The fraction of sp³-hybridized carbons (Fsp3) is 0.278. The van der Waals surface area contributed by atoms with Crippen molar-refractivity contribution in [1.29, 1.82) is 0 Å². The van der Waals surface area contributed by atoms with Gasteiger partial charge in [0, 0.05) is 19.8 Å². The maximum Gasteiger partial charge on any atom is 0.277 e. The summed E-state index contributed by atoms with van der Waals surface area (Å²) in [5.41, 5.74) is 3.70. The van der Waals surface area contributed by atoms with Gasteiger partial charge in [0.1, 0.15) is 5.76 Å². The molecule has 0 aliphatic carbocycles. The number of carbonyl (C=O) groups is 1. The SMILES string of the molecule is CCNc1cc(C)ccc1NC(=O)c1nc(-c2cnn(C)c2)oc1C. The summed E-state index contributed by atoms with van der Waals surface area (Å²) in [7, 11) is 1.81. The zero-order valence-electron chi connectivity index (χ0n) is 14.8. The number of anilines is 2. The quantitative estimate of drug-likeness (QED) is 0.744. The van der Waals surface area contributed by atoms with Crippen LogP contribution in [0.2, 0.25) is 0 Å². The zero-order valence-corrected chi connectivity index (χ0v) is 14.8. The van der Waals surface area contributed by atoms with Gasteiger partial charge >= 0.3 is 0 Å². The van der Waals surface area contributed by atoms with E-state index < -0.39 is 0 Å². The van der Waals surface area contributed by atoms with Crippen molar-refractivity contribution >= 4 is 17.3 Å². The van der Waals surface area contributed by atoms with Crippen LogP contribution in [0.15, 0.2) is 35.0 Å². The molecule has 7 heteroatoms. The number of nitrogens with zero attached hydrogens (tertiary/aromatic N) is 3. The number of benzene rings is 1. The minimum Gasteiger partial charge on any atom is -0.440 e. The molecule has 0 saturated heterocycles. The second kappa shape index (κ2) is 6.80. The number of hydrogen-bond donors (Lipinski definition) is 2. The second-order valence-corrected chi connectivity index (χ2v) is 5.86. The Morgan fingerprint density at radius 3 is 2.76 bits per heavy atom. The summed E-state index contributed by atoms with van der Waals surface area (Å²) in [6.45, 7) is 6.51. The number of oxazole rings is 1. The number of aromatic nitrogens is 3. The summed E-state index contributed by atoms with van der Waals surface area (Å²) in [6.07, 6.45) is 3.44. The highest BCUT2D eigenvalue weighted by atomic mass is 16.4. The highest BCUT2D eigenvalue weighted by molar-refractivity contribution is 6.05. The minimum absolute atomic E-state index is 0.266. The fourth-order valence-electron chi connectivity index (χ4n) is 2.55. The van der Waals surface area contributed by atoms with Crippen LogP contribution in [0.1, 0.15) is 28.7 Å². The van der Waals surface area contributed by atoms with E-state index in [1.807, 2.05) is 39.1 Å². The molecule has 7 nitrogen and oxygen atoms in total. The summed E-state index contributed by atoms with van der Waals surface area (Å²) in [6, 6.07) is 5.83. The number of hydrogen-bond acceptors (Lipinski definition) is 5. The van der Waals surface area contributed by atoms with Crippen LogP contribution < -0.4 is 10.6 Å². The minimum atomic E-state index is -0.306. The van der Waals surface area contributed by atoms with Crippen molar-refractivity contribution in [2.75, 3.05) is 17.2 Å². The third kappa shape index (κ3) is 3.55. The number of rotatable bonds is 5. The van der Waals surface area contributed by atoms with Gasteiger partial charge in [-0.2, -0.15) is 5.10 Å². The average Bonchev–Trinajstić information content (AvgIpc) is 3.16. The lowest BCUT2D eigenvalue weighted by Crippen LogP contribution is -2.15. The summed E-state index contributed by atoms with van der Waals surface area (Å²) in [4.78, 5) is 17.0. The van der Waals surface area contributed by atoms with Crippen LogP contribution in [0.5, 0.6) is 0 Å². The first-order valence-electron chi connectivity index (χ1n) is 8.10. The van der Waals surface area contributed by atoms with Crippen molar-refractivity contribution < 1.29 is 9.21 Å². The molecule has 130 valence electrons. The summed E-state index contributed by atoms with van der Waals surface area (Å²) in [5.74, 6) is 0.541. The Bertz CT molecular complexity index is 910. The van der Waals surface area contributed by atoms with Crippen LogP contribution in [0.3, 0.4) is 0 Å². The molecule has 0 aliphatic rings. The van der Waals surface area contributed by atoms with E-state index in [1.165, 1.54) is 0 Å². The summed E-state index contributed by atoms with van der Waals surface area (Å²) in [5, 5.41) is 10.3. The number of amides is 1. The van der Waals surface area contributed by atoms with Gasteiger partial charge in [0.25, 0.3) is 5.91 Å². The van der Waals surface area contributed by atoms with Gasteiger partial charge in [0.2, 0.25) is 5.89 Å². The van der Waals surface area contributed by atoms with E-state index in [9.17, 15) is 4.79 Å². The predicted octanol–water partition coefficient (Wildman–Crippen LogP) is 3.38. The van der Waals surface area contributed by atoms with E-state index in [4.69, 9.17) is 4.42 Å². The lowest BCUT2D eigenvalue weighted by atomic mass is 10.2. The van der Waals surface area contributed by atoms with Crippen LogP contribution >= 0.6 is 0 Å². The fourth-order valence-corrected chi connectivity index (χ4v) is 2.55. The third-order valence-electron chi connectivity index (χ3n) is 3.75. The van der Waals surface area contributed by atoms with Crippen LogP contribution in [0.4, 0.5) is 11.4 Å². The van der Waals surface area contributed by atoms with Crippen molar-refractivity contribution in [1.82, 2.24) is 14.8 Å². The molecule has 0 radical (unpaired) electrons. The molecule has 2 aromatic heterocycles. The predicted molar refractivity (Wildman–Crippen MR) is 96.7 cm³/mol. The molecule has 1 aromatic carbocycles. The first kappa shape index (κ1) is 16.8. The van der Waals surface area contributed by atoms with E-state index in [1.54, 1.807) is 24.0 Å². The Kier molecular flexibility index (Phi) is 4.56. The number of carbonyl (C=O) groups excluding carboxylic acids is 1. The third-order valence-corrected chi connectivity index (χ3v) is 3.75. The molecule has 0 saturated carbocycles. The molecule has 2 N–H and O–H groups in total. The van der Waals surface area contributed by atoms with Gasteiger partial charge in [0.05, 0.1) is 23.1 Å². The van der Waals surface area contributed by atoms with Gasteiger partial charge in [-0.3, -0.25) is 9.48 Å². The van der Waals surface area contributed by atoms with E-state index in [0.29, 0.717) is 17.3 Å². The largest absolute Gasteiger partial charge is 0.440 e. The van der Waals surface area contributed by atoms with Crippen molar-refractivity contribution in [2.24, 2.45) is 7.05 Å². The number of aryl methyl sites for hydroxylation is 3. The molecule has 0 atom stereocenters. The van der Waals surface area contributed by atoms with Crippen molar-refractivity contribution in [3.8, 4) is 11.5 Å².